The Bertz CT molecular complexity index is 14.9. The van der Waals surface area contributed by atoms with Crippen LogP contribution in [0.1, 0.15) is 6.92 Å². The van der Waals surface area contributed by atoms with E-state index in [0.29, 0.717) is 0 Å². The Labute approximate surface area is 38.1 Å². The highest BCUT2D eigenvalue weighted by Gasteiger charge is 1.38. The van der Waals surface area contributed by atoms with E-state index in [4.69, 9.17) is 11.6 Å². The maximum Gasteiger partial charge on any atom is 0.0195 e. The van der Waals surface area contributed by atoms with Crippen LogP contribution >= 0.6 is 11.6 Å². The molecule has 0 spiro atoms. The summed E-state index contributed by atoms with van der Waals surface area (Å²) in [5.41, 5.74) is 0. The van der Waals surface area contributed by atoms with Crippen LogP contribution in [0.2, 0.25) is 0 Å². The molecule has 0 amide bonds. The van der Waals surface area contributed by atoms with Crippen molar-refractivity contribution in [1.29, 1.82) is 0 Å². The van der Waals surface area contributed by atoms with Crippen molar-refractivity contribution in [1.82, 2.24) is 0 Å². The molecule has 0 N–H and O–H groups in total. The van der Waals surface area contributed by atoms with Crippen molar-refractivity contribution in [3.63, 3.8) is 0 Å². The van der Waals surface area contributed by atoms with Gasteiger partial charge in [-0.05, 0) is 0 Å². The van der Waals surface area contributed by atoms with Gasteiger partial charge in [0.1, 0.15) is 0 Å². The second kappa shape index (κ2) is 43.3. The molecule has 0 heterocycles. The summed E-state index contributed by atoms with van der Waals surface area (Å²) < 4.78 is 0. The molecule has 0 rings (SSSR count). The first-order valence-corrected chi connectivity index (χ1v) is 1.84. The Morgan fingerprint density at radius 1 is 1.60 bits per heavy atom. The van der Waals surface area contributed by atoms with Gasteiger partial charge >= 0.3 is 0 Å². The lowest BCUT2D eigenvalue weighted by Crippen LogP contribution is -1.36. The van der Waals surface area contributed by atoms with Crippen LogP contribution in [0.3, 0.4) is 0 Å². The van der Waals surface area contributed by atoms with Crippen LogP contribution in [0.4, 0.5) is 0 Å². The molecule has 0 aromatic heterocycles. The molecule has 0 aromatic carbocycles. The molecule has 0 aromatic rings. The average molecular weight is 90.6 g/mol. The highest BCUT2D eigenvalue weighted by atomic mass is 35.5. The summed E-state index contributed by atoms with van der Waals surface area (Å²) in [5.74, 6) is 0.722. The quantitative estimate of drug-likeness (QED) is 0.312. The van der Waals surface area contributed by atoms with E-state index in [2.05, 4.69) is 12.8 Å². The van der Waals surface area contributed by atoms with Crippen LogP contribution in [-0.2, 0) is 0 Å². The second-order valence-corrected chi connectivity index (χ2v) is 0.802. The van der Waals surface area contributed by atoms with E-state index < -0.39 is 0 Å². The van der Waals surface area contributed by atoms with Gasteiger partial charge < -0.3 is 0 Å². The third kappa shape index (κ3) is 586. The van der Waals surface area contributed by atoms with Crippen molar-refractivity contribution in [3.05, 3.63) is 0 Å². The van der Waals surface area contributed by atoms with Crippen LogP contribution in [0, 0.1) is 12.8 Å². The zero-order valence-electron chi connectivity index (χ0n) is 3.24. The zero-order chi connectivity index (χ0) is 4.71. The van der Waals surface area contributed by atoms with Crippen molar-refractivity contribution in [3.8, 4) is 12.8 Å². The lowest BCUT2D eigenvalue weighted by molar-refractivity contribution is 1.51. The van der Waals surface area contributed by atoms with Gasteiger partial charge in [-0.15, -0.1) is 24.4 Å². The highest BCUT2D eigenvalue weighted by Crippen LogP contribution is 1.59. The van der Waals surface area contributed by atoms with Crippen molar-refractivity contribution in [2.24, 2.45) is 0 Å². The summed E-state index contributed by atoms with van der Waals surface area (Å²) in [6.45, 7) is 1.89. The van der Waals surface area contributed by atoms with E-state index in [1.54, 1.807) is 0 Å². The number of halogens is 1. The maximum atomic E-state index is 5.00. The molecule has 0 aliphatic heterocycles. The van der Waals surface area contributed by atoms with Gasteiger partial charge in [0.15, 0.2) is 0 Å². The van der Waals surface area contributed by atoms with E-state index in [1.165, 1.54) is 0 Å². The molecule has 0 radical (unpaired) electrons. The number of hydrogen-bond donors (Lipinski definition) is 0. The van der Waals surface area contributed by atoms with E-state index in [1.807, 2.05) is 6.92 Å². The van der Waals surface area contributed by atoms with Gasteiger partial charge in [-0.2, -0.15) is 0 Å². The van der Waals surface area contributed by atoms with Gasteiger partial charge in [-0.3, -0.25) is 0 Å². The Morgan fingerprint density at radius 2 is 1.60 bits per heavy atom. The molecular weight excluding hydrogens is 83.5 g/mol. The maximum absolute atomic E-state index is 5.00. The number of alkyl halides is 1. The third-order valence-corrected chi connectivity index (χ3v) is 0. The molecule has 0 bridgehead atoms. The Morgan fingerprint density at radius 3 is 1.60 bits per heavy atom. The Balaban J connectivity index is 0. The van der Waals surface area contributed by atoms with E-state index in [0.717, 1.165) is 5.88 Å². The number of hydrogen-bond acceptors (Lipinski definition) is 0. The molecule has 1 heteroatoms. The van der Waals surface area contributed by atoms with Crippen molar-refractivity contribution >= 4 is 11.6 Å². The molecule has 0 nitrogen and oxygen atoms in total. The monoisotopic (exact) mass is 90.0 g/mol. The van der Waals surface area contributed by atoms with E-state index in [9.17, 15) is 0 Å². The van der Waals surface area contributed by atoms with Gasteiger partial charge in [0.25, 0.3) is 0 Å². The normalized spacial score (nSPS) is 4.00. The molecule has 0 fully saturated rings. The standard InChI is InChI=1S/C2H5Cl.C2H2/c1-2-3;1-2/h2H2,1H3;1-2H. The van der Waals surface area contributed by atoms with E-state index in [-0.39, 0.29) is 0 Å². The fraction of sp³-hybridized carbons (Fsp3) is 0.500. The molecule has 0 unspecified atom stereocenters. The van der Waals surface area contributed by atoms with Crippen LogP contribution in [-0.4, -0.2) is 5.88 Å². The van der Waals surface area contributed by atoms with Gasteiger partial charge in [0, 0.05) is 5.88 Å². The summed E-state index contributed by atoms with van der Waals surface area (Å²) in [4.78, 5) is 0. The predicted molar refractivity (Wildman–Crippen MR) is 26.3 cm³/mol. The topological polar surface area (TPSA) is 0 Å². The average Bonchev–Trinajstić information content (AvgIpc) is 1.46. The van der Waals surface area contributed by atoms with Crippen molar-refractivity contribution < 1.29 is 0 Å². The van der Waals surface area contributed by atoms with Crippen LogP contribution in [0.5, 0.6) is 0 Å². The fourth-order valence-electron chi connectivity index (χ4n) is 0. The van der Waals surface area contributed by atoms with Crippen LogP contribution in [0.15, 0.2) is 0 Å². The van der Waals surface area contributed by atoms with Gasteiger partial charge in [0.2, 0.25) is 0 Å². The summed E-state index contributed by atoms with van der Waals surface area (Å²) in [5, 5.41) is 0. The lowest BCUT2D eigenvalue weighted by atomic mass is 11.0. The fourth-order valence-corrected chi connectivity index (χ4v) is 0. The number of rotatable bonds is 0. The summed E-state index contributed by atoms with van der Waals surface area (Å²) in [6.07, 6.45) is 8.00. The van der Waals surface area contributed by atoms with Crippen molar-refractivity contribution in [2.75, 3.05) is 5.88 Å². The van der Waals surface area contributed by atoms with E-state index >= 15 is 0 Å². The molecule has 0 aliphatic carbocycles. The van der Waals surface area contributed by atoms with Gasteiger partial charge in [0.05, 0.1) is 0 Å². The minimum atomic E-state index is 0.722. The van der Waals surface area contributed by atoms with Crippen LogP contribution in [0.25, 0.3) is 0 Å². The Hall–Kier alpha value is -0.150. The molecule has 0 atom stereocenters. The van der Waals surface area contributed by atoms with Gasteiger partial charge in [-0.1, -0.05) is 6.92 Å². The summed E-state index contributed by atoms with van der Waals surface area (Å²) >= 11 is 5.00. The first kappa shape index (κ1) is 8.85. The molecule has 30 valence electrons. The minimum absolute atomic E-state index is 0.722. The molecule has 5 heavy (non-hydrogen) atoms. The molecular formula is C4H7Cl. The molecule has 0 saturated heterocycles. The first-order valence-electron chi connectivity index (χ1n) is 1.31. The first-order chi connectivity index (χ1) is 2.41. The predicted octanol–water partition coefficient (Wildman–Crippen LogP) is 1.49. The summed E-state index contributed by atoms with van der Waals surface area (Å²) in [7, 11) is 0. The smallest absolute Gasteiger partial charge is 0.0195 e. The van der Waals surface area contributed by atoms with Gasteiger partial charge in [-0.25, -0.2) is 0 Å². The molecule has 0 aliphatic rings. The van der Waals surface area contributed by atoms with Crippen LogP contribution < -0.4 is 0 Å². The highest BCUT2D eigenvalue weighted by molar-refractivity contribution is 6.17. The SMILES string of the molecule is C#C.CCCl. The summed E-state index contributed by atoms with van der Waals surface area (Å²) in [6, 6.07) is 0. The third-order valence-electron chi connectivity index (χ3n) is 0. The van der Waals surface area contributed by atoms with Crippen molar-refractivity contribution in [2.45, 2.75) is 6.92 Å². The Kier molecular flexibility index (Phi) is 76.6. The lowest BCUT2D eigenvalue weighted by Gasteiger charge is -1.45. The second-order valence-electron chi connectivity index (χ2n) is 0.267. The molecule has 0 saturated carbocycles. The minimum Gasteiger partial charge on any atom is -0.127 e. The zero-order valence-corrected chi connectivity index (χ0v) is 4.00. The largest absolute Gasteiger partial charge is 0.127 e. The number of terminal acetylenes is 1.